The Labute approximate surface area is 101 Å². The van der Waals surface area contributed by atoms with Crippen molar-refractivity contribution in [2.24, 2.45) is 0 Å². The Hall–Kier alpha value is -1.61. The molecule has 3 heteroatoms. The molecular formula is C14H17N3. The second kappa shape index (κ2) is 4.34. The molecule has 2 aromatic rings. The molecule has 1 saturated heterocycles. The van der Waals surface area contributed by atoms with Gasteiger partial charge in [0, 0.05) is 30.0 Å². The maximum atomic E-state index is 4.30. The van der Waals surface area contributed by atoms with Gasteiger partial charge in [0.25, 0.3) is 0 Å². The van der Waals surface area contributed by atoms with Gasteiger partial charge in [-0.1, -0.05) is 17.7 Å². The van der Waals surface area contributed by atoms with Crippen molar-refractivity contribution in [3.63, 3.8) is 0 Å². The molecule has 3 nitrogen and oxygen atoms in total. The summed E-state index contributed by atoms with van der Waals surface area (Å²) in [6.45, 7) is 4.29. The van der Waals surface area contributed by atoms with Gasteiger partial charge in [-0.2, -0.15) is 0 Å². The van der Waals surface area contributed by atoms with Crippen LogP contribution in [0.1, 0.15) is 23.6 Å². The van der Waals surface area contributed by atoms with Crippen LogP contribution in [0, 0.1) is 6.92 Å². The van der Waals surface area contributed by atoms with Crippen LogP contribution in [0.4, 0.5) is 0 Å². The molecule has 0 aliphatic carbocycles. The zero-order chi connectivity index (χ0) is 11.7. The first kappa shape index (κ1) is 10.5. The van der Waals surface area contributed by atoms with Crippen LogP contribution in [0.2, 0.25) is 0 Å². The van der Waals surface area contributed by atoms with Crippen molar-refractivity contribution >= 4 is 0 Å². The van der Waals surface area contributed by atoms with Crippen LogP contribution in [0.15, 0.2) is 36.8 Å². The largest absolute Gasteiger partial charge is 0.316 e. The fourth-order valence-electron chi connectivity index (χ4n) is 2.44. The van der Waals surface area contributed by atoms with Crippen molar-refractivity contribution in [3.8, 4) is 5.69 Å². The summed E-state index contributed by atoms with van der Waals surface area (Å²) in [5.74, 6) is 0.596. The van der Waals surface area contributed by atoms with E-state index in [4.69, 9.17) is 0 Å². The minimum Gasteiger partial charge on any atom is -0.316 e. The molecule has 1 fully saturated rings. The van der Waals surface area contributed by atoms with E-state index < -0.39 is 0 Å². The monoisotopic (exact) mass is 227 g/mol. The lowest BCUT2D eigenvalue weighted by molar-refractivity contribution is 0.714. The van der Waals surface area contributed by atoms with Crippen LogP contribution in [-0.2, 0) is 0 Å². The highest BCUT2D eigenvalue weighted by Gasteiger charge is 2.20. The molecule has 1 N–H and O–H groups in total. The molecule has 2 heterocycles. The van der Waals surface area contributed by atoms with Crippen molar-refractivity contribution in [1.82, 2.24) is 14.9 Å². The van der Waals surface area contributed by atoms with E-state index in [1.807, 2.05) is 12.5 Å². The number of rotatable bonds is 2. The Morgan fingerprint density at radius 3 is 2.82 bits per heavy atom. The lowest BCUT2D eigenvalue weighted by Crippen LogP contribution is -2.10. The Morgan fingerprint density at radius 2 is 2.12 bits per heavy atom. The van der Waals surface area contributed by atoms with Gasteiger partial charge in [-0.25, -0.2) is 4.98 Å². The smallest absolute Gasteiger partial charge is 0.0994 e. The molecule has 1 aliphatic heterocycles. The fraction of sp³-hybridized carbons (Fsp3) is 0.357. The summed E-state index contributed by atoms with van der Waals surface area (Å²) in [5, 5.41) is 3.41. The molecule has 88 valence electrons. The summed E-state index contributed by atoms with van der Waals surface area (Å²) in [7, 11) is 0. The first-order valence-electron chi connectivity index (χ1n) is 6.14. The van der Waals surface area contributed by atoms with Crippen LogP contribution in [0.25, 0.3) is 5.69 Å². The van der Waals surface area contributed by atoms with E-state index in [1.54, 1.807) is 0 Å². The second-order valence-electron chi connectivity index (χ2n) is 4.71. The van der Waals surface area contributed by atoms with Gasteiger partial charge in [0.1, 0.15) is 0 Å². The van der Waals surface area contributed by atoms with Gasteiger partial charge in [-0.05, 0) is 32.0 Å². The molecule has 1 unspecified atom stereocenters. The molecule has 1 aromatic heterocycles. The van der Waals surface area contributed by atoms with Gasteiger partial charge in [0.15, 0.2) is 0 Å². The molecular weight excluding hydrogens is 210 g/mol. The third-order valence-corrected chi connectivity index (χ3v) is 3.46. The second-order valence-corrected chi connectivity index (χ2v) is 4.71. The SMILES string of the molecule is Cc1ccc(-n2cncc2C2CCNC2)cc1. The Kier molecular flexibility index (Phi) is 2.69. The highest BCUT2D eigenvalue weighted by Crippen LogP contribution is 2.24. The fourth-order valence-corrected chi connectivity index (χ4v) is 2.44. The predicted octanol–water partition coefficient (Wildman–Crippen LogP) is 2.26. The summed E-state index contributed by atoms with van der Waals surface area (Å²) in [4.78, 5) is 4.30. The van der Waals surface area contributed by atoms with Crippen LogP contribution in [0.5, 0.6) is 0 Å². The molecule has 17 heavy (non-hydrogen) atoms. The number of aromatic nitrogens is 2. The lowest BCUT2D eigenvalue weighted by Gasteiger charge is -2.12. The Morgan fingerprint density at radius 1 is 1.29 bits per heavy atom. The number of nitrogens with one attached hydrogen (secondary N) is 1. The first-order chi connectivity index (χ1) is 8.34. The summed E-state index contributed by atoms with van der Waals surface area (Å²) >= 11 is 0. The number of aryl methyl sites for hydroxylation is 1. The standard InChI is InChI=1S/C14H17N3/c1-11-2-4-13(5-3-11)17-10-16-9-14(17)12-6-7-15-8-12/h2-5,9-10,12,15H,6-8H2,1H3. The first-order valence-corrected chi connectivity index (χ1v) is 6.14. The molecule has 1 aromatic carbocycles. The van der Waals surface area contributed by atoms with Crippen molar-refractivity contribution in [2.45, 2.75) is 19.3 Å². The summed E-state index contributed by atoms with van der Waals surface area (Å²) in [6, 6.07) is 8.60. The number of nitrogens with zero attached hydrogens (tertiary/aromatic N) is 2. The van der Waals surface area contributed by atoms with Crippen molar-refractivity contribution < 1.29 is 0 Å². The molecule has 1 aliphatic rings. The minimum atomic E-state index is 0.596. The lowest BCUT2D eigenvalue weighted by atomic mass is 10.1. The van der Waals surface area contributed by atoms with Crippen LogP contribution >= 0.6 is 0 Å². The minimum absolute atomic E-state index is 0.596. The average molecular weight is 227 g/mol. The van der Waals surface area contributed by atoms with Crippen molar-refractivity contribution in [3.05, 3.63) is 48.0 Å². The van der Waals surface area contributed by atoms with E-state index in [1.165, 1.54) is 23.4 Å². The van der Waals surface area contributed by atoms with Crippen LogP contribution in [-0.4, -0.2) is 22.6 Å². The number of hydrogen-bond acceptors (Lipinski definition) is 2. The molecule has 0 amide bonds. The zero-order valence-electron chi connectivity index (χ0n) is 10.1. The normalized spacial score (nSPS) is 19.7. The third-order valence-electron chi connectivity index (χ3n) is 3.46. The number of imidazole rings is 1. The van der Waals surface area contributed by atoms with E-state index in [-0.39, 0.29) is 0 Å². The van der Waals surface area contributed by atoms with Gasteiger partial charge in [-0.15, -0.1) is 0 Å². The maximum absolute atomic E-state index is 4.30. The number of benzene rings is 1. The Bertz CT molecular complexity index is 492. The van der Waals surface area contributed by atoms with Crippen LogP contribution in [0.3, 0.4) is 0 Å². The quantitative estimate of drug-likeness (QED) is 0.853. The molecule has 0 radical (unpaired) electrons. The molecule has 0 bridgehead atoms. The molecule has 1 atom stereocenters. The maximum Gasteiger partial charge on any atom is 0.0994 e. The molecule has 0 spiro atoms. The molecule has 0 saturated carbocycles. The van der Waals surface area contributed by atoms with E-state index in [0.29, 0.717) is 5.92 Å². The summed E-state index contributed by atoms with van der Waals surface area (Å²) in [6.07, 6.45) is 5.12. The molecule has 3 rings (SSSR count). The zero-order valence-corrected chi connectivity index (χ0v) is 10.1. The predicted molar refractivity (Wildman–Crippen MR) is 68.5 cm³/mol. The van der Waals surface area contributed by atoms with E-state index in [9.17, 15) is 0 Å². The van der Waals surface area contributed by atoms with E-state index in [0.717, 1.165) is 13.1 Å². The van der Waals surface area contributed by atoms with E-state index >= 15 is 0 Å². The van der Waals surface area contributed by atoms with Crippen LogP contribution < -0.4 is 5.32 Å². The topological polar surface area (TPSA) is 29.9 Å². The highest BCUT2D eigenvalue weighted by molar-refractivity contribution is 5.36. The van der Waals surface area contributed by atoms with Crippen molar-refractivity contribution in [1.29, 1.82) is 0 Å². The van der Waals surface area contributed by atoms with Gasteiger partial charge in [0.05, 0.1) is 6.33 Å². The van der Waals surface area contributed by atoms with Crippen molar-refractivity contribution in [2.75, 3.05) is 13.1 Å². The summed E-state index contributed by atoms with van der Waals surface area (Å²) in [5.41, 5.74) is 3.81. The highest BCUT2D eigenvalue weighted by atomic mass is 15.1. The third kappa shape index (κ3) is 1.98. The van der Waals surface area contributed by atoms with E-state index in [2.05, 4.69) is 46.1 Å². The number of hydrogen-bond donors (Lipinski definition) is 1. The Balaban J connectivity index is 1.97. The van der Waals surface area contributed by atoms with Gasteiger partial charge in [-0.3, -0.25) is 0 Å². The van der Waals surface area contributed by atoms with Gasteiger partial charge >= 0.3 is 0 Å². The van der Waals surface area contributed by atoms with Gasteiger partial charge in [0.2, 0.25) is 0 Å². The average Bonchev–Trinajstić information content (AvgIpc) is 3.00. The van der Waals surface area contributed by atoms with Gasteiger partial charge < -0.3 is 9.88 Å². The summed E-state index contributed by atoms with van der Waals surface area (Å²) < 4.78 is 2.21.